The average Bonchev–Trinajstić information content (AvgIpc) is 2.35. The Hall–Kier alpha value is -0.920. The average molecular weight is 366 g/mol. The standard InChI is InChI=1S/C14H24BrNO5/c1-14(2,3)11(13(18)19)10-21-9-8-20-7-6-16-12(17)4-5-15/h4-5,11H,6-10H2,1-3H3,(H,16,17)(H,18,19). The molecule has 1 unspecified atom stereocenters. The number of carbonyl (C=O) groups excluding carboxylic acids is 1. The first-order valence-electron chi connectivity index (χ1n) is 6.72. The number of hydrogen-bond acceptors (Lipinski definition) is 4. The number of aliphatic carboxylic acids is 1. The Balaban J connectivity index is 3.64. The quantitative estimate of drug-likeness (QED) is 0.455. The second-order valence-electron chi connectivity index (χ2n) is 5.53. The first kappa shape index (κ1) is 20.1. The van der Waals surface area contributed by atoms with Crippen LogP contribution in [0.15, 0.2) is 11.1 Å². The number of halogens is 1. The number of carboxylic acid groups (broad SMARTS) is 1. The summed E-state index contributed by atoms with van der Waals surface area (Å²) in [6.45, 7) is 7.26. The van der Waals surface area contributed by atoms with E-state index in [1.54, 1.807) is 0 Å². The topological polar surface area (TPSA) is 84.9 Å². The zero-order chi connectivity index (χ0) is 16.3. The van der Waals surface area contributed by atoms with Crippen molar-refractivity contribution in [1.82, 2.24) is 5.32 Å². The van der Waals surface area contributed by atoms with Crippen LogP contribution in [0.4, 0.5) is 0 Å². The van der Waals surface area contributed by atoms with Gasteiger partial charge in [-0.05, 0) is 10.4 Å². The highest BCUT2D eigenvalue weighted by Crippen LogP contribution is 2.26. The molecule has 0 heterocycles. The molecule has 0 spiro atoms. The molecule has 0 rings (SSSR count). The minimum Gasteiger partial charge on any atom is -0.481 e. The number of ether oxygens (including phenoxy) is 2. The van der Waals surface area contributed by atoms with Crippen LogP contribution in [0.3, 0.4) is 0 Å². The Bertz CT molecular complexity index is 352. The molecule has 0 aliphatic carbocycles. The fourth-order valence-corrected chi connectivity index (χ4v) is 1.72. The smallest absolute Gasteiger partial charge is 0.309 e. The van der Waals surface area contributed by atoms with Crippen molar-refractivity contribution in [2.75, 3.05) is 33.0 Å². The second kappa shape index (κ2) is 10.8. The van der Waals surface area contributed by atoms with Gasteiger partial charge in [0.05, 0.1) is 32.3 Å². The Labute approximate surface area is 134 Å². The van der Waals surface area contributed by atoms with Gasteiger partial charge in [0, 0.05) is 12.6 Å². The first-order valence-corrected chi connectivity index (χ1v) is 7.63. The molecule has 21 heavy (non-hydrogen) atoms. The number of carboxylic acids is 1. The first-order chi connectivity index (χ1) is 9.79. The summed E-state index contributed by atoms with van der Waals surface area (Å²) >= 11 is 3.01. The van der Waals surface area contributed by atoms with E-state index in [1.807, 2.05) is 20.8 Å². The van der Waals surface area contributed by atoms with Gasteiger partial charge in [0.1, 0.15) is 0 Å². The van der Waals surface area contributed by atoms with Gasteiger partial charge in [-0.1, -0.05) is 36.7 Å². The number of carbonyl (C=O) groups is 2. The molecule has 6 nitrogen and oxygen atoms in total. The van der Waals surface area contributed by atoms with E-state index in [0.29, 0.717) is 26.4 Å². The van der Waals surface area contributed by atoms with Gasteiger partial charge in [-0.15, -0.1) is 0 Å². The predicted molar refractivity (Wildman–Crippen MR) is 83.3 cm³/mol. The maximum absolute atomic E-state index is 11.1. The van der Waals surface area contributed by atoms with E-state index in [2.05, 4.69) is 21.2 Å². The molecule has 0 radical (unpaired) electrons. The van der Waals surface area contributed by atoms with Crippen LogP contribution >= 0.6 is 15.9 Å². The van der Waals surface area contributed by atoms with Crippen LogP contribution in [-0.2, 0) is 19.1 Å². The van der Waals surface area contributed by atoms with Crippen LogP contribution < -0.4 is 5.32 Å². The highest BCUT2D eigenvalue weighted by molar-refractivity contribution is 9.11. The van der Waals surface area contributed by atoms with Crippen molar-refractivity contribution in [3.63, 3.8) is 0 Å². The lowest BCUT2D eigenvalue weighted by atomic mass is 9.81. The molecular weight excluding hydrogens is 342 g/mol. The zero-order valence-corrected chi connectivity index (χ0v) is 14.3. The van der Waals surface area contributed by atoms with Gasteiger partial charge in [-0.2, -0.15) is 0 Å². The van der Waals surface area contributed by atoms with Gasteiger partial charge in [-0.25, -0.2) is 0 Å². The highest BCUT2D eigenvalue weighted by atomic mass is 79.9. The number of amides is 1. The summed E-state index contributed by atoms with van der Waals surface area (Å²) in [5.74, 6) is -1.60. The maximum atomic E-state index is 11.1. The van der Waals surface area contributed by atoms with Crippen molar-refractivity contribution in [2.45, 2.75) is 20.8 Å². The molecule has 0 aromatic carbocycles. The fraction of sp³-hybridized carbons (Fsp3) is 0.714. The van der Waals surface area contributed by atoms with Crippen LogP contribution in [0.2, 0.25) is 0 Å². The van der Waals surface area contributed by atoms with Crippen molar-refractivity contribution in [3.05, 3.63) is 11.1 Å². The zero-order valence-electron chi connectivity index (χ0n) is 12.7. The Morgan fingerprint density at radius 2 is 1.86 bits per heavy atom. The van der Waals surface area contributed by atoms with Crippen LogP contribution in [0.5, 0.6) is 0 Å². The lowest BCUT2D eigenvalue weighted by Crippen LogP contribution is -2.33. The summed E-state index contributed by atoms with van der Waals surface area (Å²) in [6.07, 6.45) is 1.36. The summed E-state index contributed by atoms with van der Waals surface area (Å²) in [4.78, 5) is 23.6. The molecular formula is C14H24BrNO5. The molecule has 0 aliphatic rings. The lowest BCUT2D eigenvalue weighted by molar-refractivity contribution is -0.148. The van der Waals surface area contributed by atoms with Gasteiger partial charge in [-0.3, -0.25) is 9.59 Å². The molecule has 0 saturated heterocycles. The molecule has 0 saturated carbocycles. The van der Waals surface area contributed by atoms with Crippen molar-refractivity contribution in [3.8, 4) is 0 Å². The van der Waals surface area contributed by atoms with Crippen molar-refractivity contribution in [2.24, 2.45) is 11.3 Å². The third-order valence-corrected chi connectivity index (χ3v) is 3.02. The molecule has 7 heteroatoms. The van der Waals surface area contributed by atoms with Gasteiger partial charge >= 0.3 is 5.97 Å². The van der Waals surface area contributed by atoms with E-state index in [-0.39, 0.29) is 17.9 Å². The van der Waals surface area contributed by atoms with Crippen molar-refractivity contribution < 1.29 is 24.2 Å². The third kappa shape index (κ3) is 10.4. The Morgan fingerprint density at radius 3 is 2.38 bits per heavy atom. The van der Waals surface area contributed by atoms with E-state index < -0.39 is 11.9 Å². The number of hydrogen-bond donors (Lipinski definition) is 2. The summed E-state index contributed by atoms with van der Waals surface area (Å²) in [5, 5.41) is 11.7. The van der Waals surface area contributed by atoms with Gasteiger partial charge in [0.2, 0.25) is 5.91 Å². The van der Waals surface area contributed by atoms with E-state index in [9.17, 15) is 9.59 Å². The minimum absolute atomic E-state index is 0.162. The Kier molecular flexibility index (Phi) is 10.3. The molecule has 1 atom stereocenters. The molecule has 0 aromatic rings. The lowest BCUT2D eigenvalue weighted by Gasteiger charge is -2.26. The monoisotopic (exact) mass is 365 g/mol. The maximum Gasteiger partial charge on any atom is 0.309 e. The van der Waals surface area contributed by atoms with E-state index >= 15 is 0 Å². The predicted octanol–water partition coefficient (Wildman–Crippen LogP) is 1.79. The van der Waals surface area contributed by atoms with Crippen LogP contribution in [0, 0.1) is 11.3 Å². The minimum atomic E-state index is -0.856. The largest absolute Gasteiger partial charge is 0.481 e. The van der Waals surface area contributed by atoms with Crippen molar-refractivity contribution in [1.29, 1.82) is 0 Å². The van der Waals surface area contributed by atoms with Gasteiger partial charge < -0.3 is 19.9 Å². The number of rotatable bonds is 10. The molecule has 0 bridgehead atoms. The van der Waals surface area contributed by atoms with Crippen LogP contribution in [0.25, 0.3) is 0 Å². The SMILES string of the molecule is CC(C)(C)C(COCCOCCNC(=O)C=CBr)C(=O)O. The molecule has 0 fully saturated rings. The fourth-order valence-electron chi connectivity index (χ4n) is 1.48. The van der Waals surface area contributed by atoms with E-state index in [1.165, 1.54) is 11.1 Å². The number of nitrogens with one attached hydrogen (secondary N) is 1. The summed E-state index contributed by atoms with van der Waals surface area (Å²) in [5.41, 5.74) is -0.347. The molecule has 122 valence electrons. The van der Waals surface area contributed by atoms with E-state index in [4.69, 9.17) is 14.6 Å². The second-order valence-corrected chi connectivity index (χ2v) is 6.06. The summed E-state index contributed by atoms with van der Waals surface area (Å²) in [6, 6.07) is 0. The molecule has 1 amide bonds. The van der Waals surface area contributed by atoms with E-state index in [0.717, 1.165) is 0 Å². The molecule has 2 N–H and O–H groups in total. The Morgan fingerprint density at radius 1 is 1.24 bits per heavy atom. The summed E-state index contributed by atoms with van der Waals surface area (Å²) in [7, 11) is 0. The van der Waals surface area contributed by atoms with Gasteiger partial charge in [0.15, 0.2) is 0 Å². The molecule has 0 aliphatic heterocycles. The highest BCUT2D eigenvalue weighted by Gasteiger charge is 2.31. The normalized spacial score (nSPS) is 13.3. The van der Waals surface area contributed by atoms with Gasteiger partial charge in [0.25, 0.3) is 0 Å². The van der Waals surface area contributed by atoms with Crippen LogP contribution in [-0.4, -0.2) is 50.0 Å². The molecule has 0 aromatic heterocycles. The third-order valence-electron chi connectivity index (χ3n) is 2.76. The van der Waals surface area contributed by atoms with Crippen LogP contribution in [0.1, 0.15) is 20.8 Å². The van der Waals surface area contributed by atoms with Crippen molar-refractivity contribution >= 4 is 27.8 Å². The summed E-state index contributed by atoms with van der Waals surface area (Å²) < 4.78 is 10.6.